The van der Waals surface area contributed by atoms with Gasteiger partial charge in [-0.25, -0.2) is 4.39 Å². The Balaban J connectivity index is 3.20. The summed E-state index contributed by atoms with van der Waals surface area (Å²) in [6, 6.07) is 1.78. The lowest BCUT2D eigenvalue weighted by Crippen LogP contribution is -1.94. The van der Waals surface area contributed by atoms with E-state index in [1.165, 1.54) is 6.92 Å². The van der Waals surface area contributed by atoms with Gasteiger partial charge in [-0.3, -0.25) is 4.79 Å². The summed E-state index contributed by atoms with van der Waals surface area (Å²) in [5, 5.41) is 0. The van der Waals surface area contributed by atoms with Gasteiger partial charge in [0, 0.05) is 0 Å². The monoisotopic (exact) mass is 156 g/mol. The van der Waals surface area contributed by atoms with E-state index in [1.54, 1.807) is 0 Å². The normalized spacial score (nSPS) is 9.73. The number of aryl methyl sites for hydroxylation is 1. The van der Waals surface area contributed by atoms with Crippen LogP contribution in [0, 0.1) is 12.7 Å². The van der Waals surface area contributed by atoms with E-state index < -0.39 is 11.9 Å². The van der Waals surface area contributed by atoms with Gasteiger partial charge in [-0.05, 0) is 30.7 Å². The summed E-state index contributed by atoms with van der Waals surface area (Å²) in [5.41, 5.74) is 0.240. The Morgan fingerprint density at radius 1 is 1.45 bits per heavy atom. The molecule has 0 aliphatic heterocycles. The molecule has 1 aromatic rings. The zero-order valence-electron chi connectivity index (χ0n) is 5.90. The van der Waals surface area contributed by atoms with Crippen LogP contribution in [0.4, 0.5) is 8.78 Å². The summed E-state index contributed by atoms with van der Waals surface area (Å²) in [6.07, 6.45) is 0. The zero-order valence-corrected chi connectivity index (χ0v) is 5.90. The third-order valence-corrected chi connectivity index (χ3v) is 1.40. The minimum Gasteiger partial charge on any atom is -0.255 e. The fraction of sp³-hybridized carbons (Fsp3) is 0.125. The fourth-order valence-corrected chi connectivity index (χ4v) is 0.848. The molecular formula is C8H6F2O. The minimum absolute atomic E-state index is 0.0774. The summed E-state index contributed by atoms with van der Waals surface area (Å²) < 4.78 is 24.4. The SMILES string of the molecule is Cc1cc(F)ccc1C(=O)F. The third-order valence-electron chi connectivity index (χ3n) is 1.40. The first-order valence-electron chi connectivity index (χ1n) is 3.07. The van der Waals surface area contributed by atoms with E-state index >= 15 is 0 Å². The van der Waals surface area contributed by atoms with Crippen molar-refractivity contribution < 1.29 is 13.6 Å². The molecule has 0 aliphatic carbocycles. The van der Waals surface area contributed by atoms with Crippen LogP contribution in [0.3, 0.4) is 0 Å². The number of hydrogen-bond donors (Lipinski definition) is 0. The molecule has 0 aromatic heterocycles. The molecule has 0 N–H and O–H groups in total. The highest BCUT2D eigenvalue weighted by Crippen LogP contribution is 2.10. The van der Waals surface area contributed by atoms with Crippen LogP contribution in [0.1, 0.15) is 15.9 Å². The van der Waals surface area contributed by atoms with Crippen molar-refractivity contribution in [1.29, 1.82) is 0 Å². The number of carbonyl (C=O) groups is 1. The predicted molar refractivity (Wildman–Crippen MR) is 36.6 cm³/mol. The molecule has 0 saturated heterocycles. The average Bonchev–Trinajstić information content (AvgIpc) is 1.85. The van der Waals surface area contributed by atoms with E-state index in [-0.39, 0.29) is 5.56 Å². The summed E-state index contributed by atoms with van der Waals surface area (Å²) in [5.74, 6) is -0.465. The standard InChI is InChI=1S/C8H6F2O/c1-5-4-6(9)2-3-7(5)8(10)11/h2-4H,1H3. The Bertz CT molecular complexity index is 294. The number of hydrogen-bond acceptors (Lipinski definition) is 1. The third kappa shape index (κ3) is 1.61. The quantitative estimate of drug-likeness (QED) is 0.570. The molecule has 0 heterocycles. The van der Waals surface area contributed by atoms with Gasteiger partial charge in [0.2, 0.25) is 0 Å². The van der Waals surface area contributed by atoms with Crippen molar-refractivity contribution in [2.45, 2.75) is 6.92 Å². The highest BCUT2D eigenvalue weighted by atomic mass is 19.1. The highest BCUT2D eigenvalue weighted by Gasteiger charge is 2.06. The molecule has 1 rings (SSSR count). The van der Waals surface area contributed by atoms with E-state index in [1.807, 2.05) is 0 Å². The Hall–Kier alpha value is -1.25. The van der Waals surface area contributed by atoms with Crippen LogP contribution in [-0.2, 0) is 0 Å². The molecule has 0 fully saturated rings. The van der Waals surface area contributed by atoms with E-state index in [0.717, 1.165) is 18.2 Å². The van der Waals surface area contributed by atoms with Crippen molar-refractivity contribution in [3.63, 3.8) is 0 Å². The van der Waals surface area contributed by atoms with Crippen LogP contribution < -0.4 is 0 Å². The van der Waals surface area contributed by atoms with Crippen LogP contribution in [0.25, 0.3) is 0 Å². The molecule has 1 nitrogen and oxygen atoms in total. The molecule has 0 atom stereocenters. The number of rotatable bonds is 1. The molecule has 0 bridgehead atoms. The Labute approximate surface area is 62.7 Å². The van der Waals surface area contributed by atoms with E-state index in [0.29, 0.717) is 5.56 Å². The molecule has 0 radical (unpaired) electrons. The fourth-order valence-electron chi connectivity index (χ4n) is 0.848. The summed E-state index contributed by atoms with van der Waals surface area (Å²) in [6.45, 7) is 1.48. The smallest absolute Gasteiger partial charge is 0.255 e. The van der Waals surface area contributed by atoms with Gasteiger partial charge in [-0.1, -0.05) is 0 Å². The number of halogens is 2. The summed E-state index contributed by atoms with van der Waals surface area (Å²) in [4.78, 5) is 10.2. The molecule has 1 aromatic carbocycles. The van der Waals surface area contributed by atoms with Gasteiger partial charge in [-0.15, -0.1) is 0 Å². The minimum atomic E-state index is -1.53. The number of benzene rings is 1. The molecule has 0 aliphatic rings. The van der Waals surface area contributed by atoms with E-state index in [9.17, 15) is 13.6 Å². The molecule has 0 amide bonds. The molecule has 58 valence electrons. The van der Waals surface area contributed by atoms with Crippen molar-refractivity contribution in [2.75, 3.05) is 0 Å². The molecular weight excluding hydrogens is 150 g/mol. The average molecular weight is 156 g/mol. The van der Waals surface area contributed by atoms with Gasteiger partial charge < -0.3 is 0 Å². The van der Waals surface area contributed by atoms with Gasteiger partial charge in [0.1, 0.15) is 5.82 Å². The Morgan fingerprint density at radius 2 is 2.09 bits per heavy atom. The topological polar surface area (TPSA) is 17.1 Å². The van der Waals surface area contributed by atoms with Gasteiger partial charge in [0.05, 0.1) is 5.56 Å². The largest absolute Gasteiger partial charge is 0.332 e. The van der Waals surface area contributed by atoms with Crippen molar-refractivity contribution >= 4 is 6.04 Å². The van der Waals surface area contributed by atoms with Crippen LogP contribution in [0.5, 0.6) is 0 Å². The molecule has 0 saturated carbocycles. The molecule has 0 spiro atoms. The Kier molecular flexibility index (Phi) is 1.98. The molecule has 0 unspecified atom stereocenters. The van der Waals surface area contributed by atoms with Crippen molar-refractivity contribution in [3.05, 3.63) is 35.1 Å². The van der Waals surface area contributed by atoms with Gasteiger partial charge in [0.25, 0.3) is 0 Å². The van der Waals surface area contributed by atoms with Gasteiger partial charge in [0.15, 0.2) is 0 Å². The second-order valence-corrected chi connectivity index (χ2v) is 2.23. The molecule has 11 heavy (non-hydrogen) atoms. The molecule has 3 heteroatoms. The van der Waals surface area contributed by atoms with Crippen molar-refractivity contribution in [1.82, 2.24) is 0 Å². The Morgan fingerprint density at radius 3 is 2.55 bits per heavy atom. The summed E-state index contributed by atoms with van der Waals surface area (Å²) >= 11 is 0. The second-order valence-electron chi connectivity index (χ2n) is 2.23. The highest BCUT2D eigenvalue weighted by molar-refractivity contribution is 5.89. The lowest BCUT2D eigenvalue weighted by atomic mass is 10.1. The first-order chi connectivity index (χ1) is 5.11. The first kappa shape index (κ1) is 7.85. The predicted octanol–water partition coefficient (Wildman–Crippen LogP) is 2.24. The van der Waals surface area contributed by atoms with Crippen molar-refractivity contribution in [3.8, 4) is 0 Å². The lowest BCUT2D eigenvalue weighted by molar-refractivity contribution is 0.0835. The van der Waals surface area contributed by atoms with Gasteiger partial charge >= 0.3 is 6.04 Å². The van der Waals surface area contributed by atoms with E-state index in [2.05, 4.69) is 0 Å². The first-order valence-corrected chi connectivity index (χ1v) is 3.07. The lowest BCUT2D eigenvalue weighted by Gasteiger charge is -1.97. The second kappa shape index (κ2) is 2.78. The maximum atomic E-state index is 12.4. The van der Waals surface area contributed by atoms with Crippen LogP contribution >= 0.6 is 0 Å². The summed E-state index contributed by atoms with van der Waals surface area (Å²) in [7, 11) is 0. The van der Waals surface area contributed by atoms with Gasteiger partial charge in [-0.2, -0.15) is 4.39 Å². The van der Waals surface area contributed by atoms with E-state index in [4.69, 9.17) is 0 Å². The van der Waals surface area contributed by atoms with Crippen LogP contribution in [0.15, 0.2) is 18.2 Å². The van der Waals surface area contributed by atoms with Crippen molar-refractivity contribution in [2.24, 2.45) is 0 Å². The number of carbonyl (C=O) groups excluding carboxylic acids is 1. The van der Waals surface area contributed by atoms with Crippen LogP contribution in [0.2, 0.25) is 0 Å². The maximum absolute atomic E-state index is 12.4. The van der Waals surface area contributed by atoms with Crippen LogP contribution in [-0.4, -0.2) is 6.04 Å². The zero-order chi connectivity index (χ0) is 8.43. The maximum Gasteiger partial charge on any atom is 0.332 e.